The Bertz CT molecular complexity index is 1430. The van der Waals surface area contributed by atoms with Crippen LogP contribution in [0.2, 0.25) is 0 Å². The standard InChI is InChI=1S/C29H29IN4O4/c1-3-31-28(35)23-15-22-25(16-27(23)37-18-19-8-6-5-7-9-19)33-13-12-26(22)38-21-10-11-24(20(14-21)17-30)34-29(36)32-4-2/h5-16H,3-4,17-18H2,1-2H3,(H,31,35)(H2,32,34,36). The zero-order valence-electron chi connectivity index (χ0n) is 21.2. The minimum absolute atomic E-state index is 0.236. The van der Waals surface area contributed by atoms with Crippen LogP contribution in [-0.2, 0) is 11.0 Å². The Hall–Kier alpha value is -3.86. The molecule has 0 atom stereocenters. The molecule has 3 N–H and O–H groups in total. The maximum atomic E-state index is 13.0. The first-order valence-corrected chi connectivity index (χ1v) is 13.8. The van der Waals surface area contributed by atoms with E-state index in [0.29, 0.717) is 57.8 Å². The molecule has 4 aromatic rings. The normalized spacial score (nSPS) is 10.6. The van der Waals surface area contributed by atoms with Gasteiger partial charge in [0.1, 0.15) is 23.9 Å². The molecule has 0 unspecified atom stereocenters. The van der Waals surface area contributed by atoms with E-state index < -0.39 is 0 Å². The molecule has 0 aliphatic heterocycles. The highest BCUT2D eigenvalue weighted by molar-refractivity contribution is 14.1. The molecule has 0 spiro atoms. The number of nitrogens with one attached hydrogen (secondary N) is 3. The van der Waals surface area contributed by atoms with E-state index in [1.807, 2.05) is 56.3 Å². The Labute approximate surface area is 235 Å². The molecule has 3 aromatic carbocycles. The van der Waals surface area contributed by atoms with E-state index in [-0.39, 0.29) is 11.9 Å². The molecule has 1 aromatic heterocycles. The van der Waals surface area contributed by atoms with Crippen LogP contribution in [0.25, 0.3) is 10.9 Å². The minimum atomic E-state index is -0.254. The van der Waals surface area contributed by atoms with Gasteiger partial charge in [0.25, 0.3) is 5.91 Å². The number of hydrogen-bond acceptors (Lipinski definition) is 5. The van der Waals surface area contributed by atoms with Crippen LogP contribution in [0.15, 0.2) is 72.9 Å². The van der Waals surface area contributed by atoms with Gasteiger partial charge in [0.15, 0.2) is 0 Å². The van der Waals surface area contributed by atoms with Gasteiger partial charge in [-0.15, -0.1) is 0 Å². The van der Waals surface area contributed by atoms with Crippen molar-refractivity contribution in [2.75, 3.05) is 18.4 Å². The van der Waals surface area contributed by atoms with E-state index in [2.05, 4.69) is 43.5 Å². The van der Waals surface area contributed by atoms with Gasteiger partial charge in [-0.05, 0) is 55.3 Å². The van der Waals surface area contributed by atoms with Crippen molar-refractivity contribution in [1.82, 2.24) is 15.6 Å². The lowest BCUT2D eigenvalue weighted by Gasteiger charge is -2.16. The van der Waals surface area contributed by atoms with Gasteiger partial charge in [0.2, 0.25) is 0 Å². The number of alkyl halides is 1. The molecule has 9 heteroatoms. The van der Waals surface area contributed by atoms with Crippen molar-refractivity contribution in [3.8, 4) is 17.2 Å². The summed E-state index contributed by atoms with van der Waals surface area (Å²) in [5, 5.41) is 9.14. The third-order valence-corrected chi connectivity index (χ3v) is 6.48. The van der Waals surface area contributed by atoms with Gasteiger partial charge in [-0.3, -0.25) is 9.78 Å². The van der Waals surface area contributed by atoms with E-state index in [1.54, 1.807) is 30.5 Å². The smallest absolute Gasteiger partial charge is 0.319 e. The summed E-state index contributed by atoms with van der Waals surface area (Å²) in [5.41, 5.74) is 3.68. The van der Waals surface area contributed by atoms with Gasteiger partial charge < -0.3 is 25.4 Å². The van der Waals surface area contributed by atoms with Crippen LogP contribution in [-0.4, -0.2) is 30.0 Å². The van der Waals surface area contributed by atoms with Crippen LogP contribution in [0.4, 0.5) is 10.5 Å². The van der Waals surface area contributed by atoms with E-state index >= 15 is 0 Å². The summed E-state index contributed by atoms with van der Waals surface area (Å²) in [7, 11) is 0. The predicted octanol–water partition coefficient (Wildman–Crippen LogP) is 6.43. The summed E-state index contributed by atoms with van der Waals surface area (Å²) in [5.74, 6) is 1.37. The fraction of sp³-hybridized carbons (Fsp3) is 0.207. The second-order valence-electron chi connectivity index (χ2n) is 8.35. The monoisotopic (exact) mass is 624 g/mol. The largest absolute Gasteiger partial charge is 0.488 e. The number of carbonyl (C=O) groups excluding carboxylic acids is 2. The third-order valence-electron chi connectivity index (χ3n) is 5.66. The lowest BCUT2D eigenvalue weighted by Crippen LogP contribution is -2.28. The summed E-state index contributed by atoms with van der Waals surface area (Å²) in [6.07, 6.45) is 1.66. The van der Waals surface area contributed by atoms with Crippen LogP contribution in [0.3, 0.4) is 0 Å². The topological polar surface area (TPSA) is 102 Å². The number of ether oxygens (including phenoxy) is 2. The number of anilines is 1. The lowest BCUT2D eigenvalue weighted by molar-refractivity contribution is 0.0951. The molecule has 0 saturated heterocycles. The number of halogens is 1. The maximum Gasteiger partial charge on any atom is 0.319 e. The summed E-state index contributed by atoms with van der Waals surface area (Å²) in [4.78, 5) is 29.4. The second-order valence-corrected chi connectivity index (χ2v) is 9.11. The van der Waals surface area contributed by atoms with Crippen molar-refractivity contribution in [1.29, 1.82) is 0 Å². The first kappa shape index (κ1) is 27.2. The summed E-state index contributed by atoms with van der Waals surface area (Å²) < 4.78 is 13.0. The van der Waals surface area contributed by atoms with Crippen LogP contribution in [0.1, 0.15) is 35.3 Å². The molecular formula is C29H29IN4O4. The van der Waals surface area contributed by atoms with Crippen molar-refractivity contribution in [2.45, 2.75) is 24.9 Å². The van der Waals surface area contributed by atoms with Crippen molar-refractivity contribution in [3.63, 3.8) is 0 Å². The zero-order valence-corrected chi connectivity index (χ0v) is 23.4. The average Bonchev–Trinajstić information content (AvgIpc) is 2.93. The van der Waals surface area contributed by atoms with Crippen LogP contribution in [0, 0.1) is 0 Å². The molecule has 4 rings (SSSR count). The fourth-order valence-corrected chi connectivity index (χ4v) is 4.48. The number of pyridine rings is 1. The molecule has 1 heterocycles. The van der Waals surface area contributed by atoms with Crippen LogP contribution < -0.4 is 25.4 Å². The Morgan fingerprint density at radius 3 is 2.45 bits per heavy atom. The van der Waals surface area contributed by atoms with E-state index in [1.165, 1.54) is 0 Å². The summed E-state index contributed by atoms with van der Waals surface area (Å²) in [6.45, 7) is 5.09. The fourth-order valence-electron chi connectivity index (χ4n) is 3.85. The number of urea groups is 1. The van der Waals surface area contributed by atoms with Gasteiger partial charge in [-0.25, -0.2) is 4.79 Å². The van der Waals surface area contributed by atoms with Gasteiger partial charge in [0.05, 0.1) is 11.1 Å². The summed E-state index contributed by atoms with van der Waals surface area (Å²) >= 11 is 2.25. The lowest BCUT2D eigenvalue weighted by atomic mass is 10.1. The molecule has 3 amide bonds. The number of fused-ring (bicyclic) bond motifs is 1. The van der Waals surface area contributed by atoms with Gasteiger partial charge in [0, 0.05) is 40.9 Å². The Morgan fingerprint density at radius 2 is 1.71 bits per heavy atom. The average molecular weight is 624 g/mol. The first-order chi connectivity index (χ1) is 18.5. The van der Waals surface area contributed by atoms with Crippen molar-refractivity contribution < 1.29 is 19.1 Å². The Kier molecular flexibility index (Phi) is 9.36. The molecule has 0 saturated carbocycles. The Morgan fingerprint density at radius 1 is 0.921 bits per heavy atom. The summed E-state index contributed by atoms with van der Waals surface area (Å²) in [6, 6.07) is 20.3. The number of rotatable bonds is 10. The van der Waals surface area contributed by atoms with Crippen LogP contribution >= 0.6 is 22.6 Å². The van der Waals surface area contributed by atoms with E-state index in [0.717, 1.165) is 16.8 Å². The molecular weight excluding hydrogens is 595 g/mol. The molecule has 0 aliphatic carbocycles. The third kappa shape index (κ3) is 6.71. The number of benzene rings is 3. The zero-order chi connectivity index (χ0) is 26.9. The van der Waals surface area contributed by atoms with E-state index in [9.17, 15) is 9.59 Å². The van der Waals surface area contributed by atoms with Gasteiger partial charge in [-0.2, -0.15) is 0 Å². The predicted molar refractivity (Wildman–Crippen MR) is 157 cm³/mol. The number of amides is 3. The highest BCUT2D eigenvalue weighted by atomic mass is 127. The quantitative estimate of drug-likeness (QED) is 0.140. The van der Waals surface area contributed by atoms with E-state index in [4.69, 9.17) is 9.47 Å². The highest BCUT2D eigenvalue weighted by Crippen LogP contribution is 2.35. The SMILES string of the molecule is CCNC(=O)Nc1ccc(Oc2ccnc3cc(OCc4ccccc4)c(C(=O)NCC)cc23)cc1CI. The van der Waals surface area contributed by atoms with Crippen molar-refractivity contribution >= 4 is 51.1 Å². The molecule has 8 nitrogen and oxygen atoms in total. The molecule has 196 valence electrons. The van der Waals surface area contributed by atoms with Crippen molar-refractivity contribution in [2.24, 2.45) is 0 Å². The maximum absolute atomic E-state index is 13.0. The molecule has 0 radical (unpaired) electrons. The molecule has 38 heavy (non-hydrogen) atoms. The van der Waals surface area contributed by atoms with Crippen molar-refractivity contribution in [3.05, 3.63) is 89.6 Å². The van der Waals surface area contributed by atoms with Gasteiger partial charge in [-0.1, -0.05) is 52.9 Å². The van der Waals surface area contributed by atoms with Crippen LogP contribution in [0.5, 0.6) is 17.2 Å². The van der Waals surface area contributed by atoms with Gasteiger partial charge >= 0.3 is 6.03 Å². The molecule has 0 aliphatic rings. The number of nitrogens with zero attached hydrogens (tertiary/aromatic N) is 1. The second kappa shape index (κ2) is 13.1. The highest BCUT2D eigenvalue weighted by Gasteiger charge is 2.17. The number of aromatic nitrogens is 1. The molecule has 0 fully saturated rings. The minimum Gasteiger partial charge on any atom is -0.488 e. The molecule has 0 bridgehead atoms. The number of carbonyl (C=O) groups is 2. The number of hydrogen-bond donors (Lipinski definition) is 3. The Balaban J connectivity index is 1.66. The first-order valence-electron chi connectivity index (χ1n) is 12.3.